The molecule has 0 saturated carbocycles. The summed E-state index contributed by atoms with van der Waals surface area (Å²) < 4.78 is 5.25. The van der Waals surface area contributed by atoms with Crippen molar-refractivity contribution in [1.29, 1.82) is 0 Å². The number of aromatic nitrogens is 2. The van der Waals surface area contributed by atoms with Crippen molar-refractivity contribution in [2.45, 2.75) is 19.9 Å². The van der Waals surface area contributed by atoms with Crippen molar-refractivity contribution < 1.29 is 9.53 Å². The Kier molecular flexibility index (Phi) is 5.80. The van der Waals surface area contributed by atoms with Gasteiger partial charge >= 0.3 is 6.03 Å². The topological polar surface area (TPSA) is 76.1 Å². The molecule has 2 aromatic heterocycles. The monoisotopic (exact) mass is 412 g/mol. The van der Waals surface area contributed by atoms with E-state index in [9.17, 15) is 4.79 Å². The number of hydrogen-bond acceptors (Lipinski definition) is 4. The number of fused-ring (bicyclic) bond motifs is 1. The molecule has 4 rings (SSSR count). The molecule has 0 aliphatic heterocycles. The normalized spacial score (nSPS) is 11.7. The SMILES string of the molecule is COc1cnc2ccc(C(C)NC(=O)Nc3ccc(-c4ccnc(C)c4)cc3)cc2c1. The van der Waals surface area contributed by atoms with Gasteiger partial charge in [0, 0.05) is 23.0 Å². The maximum atomic E-state index is 12.5. The molecule has 0 spiro atoms. The highest BCUT2D eigenvalue weighted by Gasteiger charge is 2.11. The largest absolute Gasteiger partial charge is 0.495 e. The Balaban J connectivity index is 1.41. The van der Waals surface area contributed by atoms with Crippen LogP contribution in [0.25, 0.3) is 22.0 Å². The van der Waals surface area contributed by atoms with Crippen molar-refractivity contribution in [2.24, 2.45) is 0 Å². The van der Waals surface area contributed by atoms with Gasteiger partial charge in [-0.15, -0.1) is 0 Å². The predicted molar refractivity (Wildman–Crippen MR) is 123 cm³/mol. The molecule has 31 heavy (non-hydrogen) atoms. The molecule has 0 saturated heterocycles. The number of nitrogens with zero attached hydrogens (tertiary/aromatic N) is 2. The fraction of sp³-hybridized carbons (Fsp3) is 0.160. The number of aryl methyl sites for hydroxylation is 1. The van der Waals surface area contributed by atoms with Gasteiger partial charge < -0.3 is 15.4 Å². The molecule has 2 heterocycles. The summed E-state index contributed by atoms with van der Waals surface area (Å²) in [4.78, 5) is 21.1. The molecule has 2 amide bonds. The van der Waals surface area contributed by atoms with Gasteiger partial charge in [-0.1, -0.05) is 18.2 Å². The zero-order chi connectivity index (χ0) is 21.8. The number of amides is 2. The highest BCUT2D eigenvalue weighted by atomic mass is 16.5. The Morgan fingerprint density at radius 2 is 1.77 bits per heavy atom. The van der Waals surface area contributed by atoms with E-state index >= 15 is 0 Å². The van der Waals surface area contributed by atoms with Gasteiger partial charge in [-0.05, 0) is 73.0 Å². The smallest absolute Gasteiger partial charge is 0.319 e. The average Bonchev–Trinajstić information content (AvgIpc) is 2.78. The highest BCUT2D eigenvalue weighted by Crippen LogP contribution is 2.24. The van der Waals surface area contributed by atoms with Crippen molar-refractivity contribution in [3.8, 4) is 16.9 Å². The average molecular weight is 412 g/mol. The van der Waals surface area contributed by atoms with Crippen LogP contribution in [0.15, 0.2) is 73.1 Å². The standard InChI is InChI=1S/C25H24N4O2/c1-16-12-20(10-11-26-16)18-4-7-22(8-5-18)29-25(30)28-17(2)19-6-9-24-21(13-19)14-23(31-3)15-27-24/h4-15,17H,1-3H3,(H2,28,29,30). The van der Waals surface area contributed by atoms with Crippen LogP contribution in [0.3, 0.4) is 0 Å². The van der Waals surface area contributed by atoms with Crippen LogP contribution in [0.4, 0.5) is 10.5 Å². The number of carbonyl (C=O) groups excluding carboxylic acids is 1. The first-order chi connectivity index (χ1) is 15.0. The molecule has 0 radical (unpaired) electrons. The maximum absolute atomic E-state index is 12.5. The van der Waals surface area contributed by atoms with E-state index < -0.39 is 0 Å². The molecule has 156 valence electrons. The van der Waals surface area contributed by atoms with Crippen LogP contribution < -0.4 is 15.4 Å². The minimum atomic E-state index is -0.260. The third kappa shape index (κ3) is 4.80. The third-order valence-electron chi connectivity index (χ3n) is 5.14. The molecule has 1 unspecified atom stereocenters. The number of ether oxygens (including phenoxy) is 1. The summed E-state index contributed by atoms with van der Waals surface area (Å²) in [7, 11) is 1.62. The lowest BCUT2D eigenvalue weighted by Gasteiger charge is -2.16. The molecule has 6 nitrogen and oxygen atoms in total. The third-order valence-corrected chi connectivity index (χ3v) is 5.14. The van der Waals surface area contributed by atoms with Gasteiger partial charge in [0.15, 0.2) is 0 Å². The number of hydrogen-bond donors (Lipinski definition) is 2. The summed E-state index contributed by atoms with van der Waals surface area (Å²) in [5, 5.41) is 6.84. The van der Waals surface area contributed by atoms with E-state index in [-0.39, 0.29) is 12.1 Å². The Morgan fingerprint density at radius 3 is 2.52 bits per heavy atom. The number of methoxy groups -OCH3 is 1. The lowest BCUT2D eigenvalue weighted by molar-refractivity contribution is 0.249. The number of pyridine rings is 2. The van der Waals surface area contributed by atoms with Crippen LogP contribution in [0.5, 0.6) is 5.75 Å². The molecule has 2 aromatic carbocycles. The fourth-order valence-corrected chi connectivity index (χ4v) is 3.43. The first-order valence-corrected chi connectivity index (χ1v) is 10.1. The van der Waals surface area contributed by atoms with E-state index in [1.54, 1.807) is 19.5 Å². The molecule has 6 heteroatoms. The molecule has 0 aliphatic carbocycles. The number of nitrogens with one attached hydrogen (secondary N) is 2. The lowest BCUT2D eigenvalue weighted by Crippen LogP contribution is -2.31. The van der Waals surface area contributed by atoms with Crippen LogP contribution in [0.2, 0.25) is 0 Å². The van der Waals surface area contributed by atoms with Crippen molar-refractivity contribution in [3.63, 3.8) is 0 Å². The van der Waals surface area contributed by atoms with Crippen molar-refractivity contribution in [1.82, 2.24) is 15.3 Å². The van der Waals surface area contributed by atoms with Crippen LogP contribution in [-0.2, 0) is 0 Å². The summed E-state index contributed by atoms with van der Waals surface area (Å²) in [6.45, 7) is 3.91. The summed E-state index contributed by atoms with van der Waals surface area (Å²) in [5.41, 5.74) is 5.74. The molecular formula is C25H24N4O2. The summed E-state index contributed by atoms with van der Waals surface area (Å²) in [6, 6.07) is 19.2. The van der Waals surface area contributed by atoms with Gasteiger partial charge in [0.1, 0.15) is 5.75 Å². The first kappa shape index (κ1) is 20.3. The van der Waals surface area contributed by atoms with E-state index in [4.69, 9.17) is 4.74 Å². The van der Waals surface area contributed by atoms with Gasteiger partial charge in [-0.25, -0.2) is 4.79 Å². The van der Waals surface area contributed by atoms with Gasteiger partial charge in [0.2, 0.25) is 0 Å². The number of urea groups is 1. The zero-order valence-electron chi connectivity index (χ0n) is 17.7. The molecule has 0 fully saturated rings. The minimum Gasteiger partial charge on any atom is -0.495 e. The van der Waals surface area contributed by atoms with Crippen LogP contribution in [0, 0.1) is 6.92 Å². The van der Waals surface area contributed by atoms with E-state index in [1.165, 1.54) is 0 Å². The fourth-order valence-electron chi connectivity index (χ4n) is 3.43. The minimum absolute atomic E-state index is 0.172. The molecule has 0 bridgehead atoms. The number of carbonyl (C=O) groups is 1. The number of benzene rings is 2. The molecule has 4 aromatic rings. The van der Waals surface area contributed by atoms with E-state index in [2.05, 4.69) is 20.6 Å². The summed E-state index contributed by atoms with van der Waals surface area (Å²) >= 11 is 0. The van der Waals surface area contributed by atoms with Crippen LogP contribution in [-0.4, -0.2) is 23.1 Å². The zero-order valence-corrected chi connectivity index (χ0v) is 17.7. The first-order valence-electron chi connectivity index (χ1n) is 10.1. The van der Waals surface area contributed by atoms with Gasteiger partial charge in [0.25, 0.3) is 0 Å². The quantitative estimate of drug-likeness (QED) is 0.454. The Morgan fingerprint density at radius 1 is 0.968 bits per heavy atom. The van der Waals surface area contributed by atoms with Gasteiger partial charge in [-0.2, -0.15) is 0 Å². The Labute approximate surface area is 181 Å². The molecule has 2 N–H and O–H groups in total. The van der Waals surface area contributed by atoms with E-state index in [0.717, 1.165) is 39.0 Å². The second-order valence-corrected chi connectivity index (χ2v) is 7.41. The second kappa shape index (κ2) is 8.83. The van der Waals surface area contributed by atoms with Crippen molar-refractivity contribution in [2.75, 3.05) is 12.4 Å². The number of rotatable bonds is 5. The van der Waals surface area contributed by atoms with Gasteiger partial charge in [0.05, 0.1) is 24.9 Å². The Bertz CT molecular complexity index is 1220. The lowest BCUT2D eigenvalue weighted by atomic mass is 10.1. The van der Waals surface area contributed by atoms with Crippen LogP contribution in [0.1, 0.15) is 24.2 Å². The summed E-state index contributed by atoms with van der Waals surface area (Å²) in [5.74, 6) is 0.702. The molecular weight excluding hydrogens is 388 g/mol. The molecule has 1 atom stereocenters. The highest BCUT2D eigenvalue weighted by molar-refractivity contribution is 5.90. The molecule has 0 aliphatic rings. The van der Waals surface area contributed by atoms with Crippen molar-refractivity contribution in [3.05, 3.63) is 84.3 Å². The van der Waals surface area contributed by atoms with E-state index in [1.807, 2.05) is 74.5 Å². The van der Waals surface area contributed by atoms with E-state index in [0.29, 0.717) is 5.75 Å². The summed E-state index contributed by atoms with van der Waals surface area (Å²) in [6.07, 6.45) is 3.49. The second-order valence-electron chi connectivity index (χ2n) is 7.41. The van der Waals surface area contributed by atoms with Gasteiger partial charge in [-0.3, -0.25) is 9.97 Å². The maximum Gasteiger partial charge on any atom is 0.319 e. The number of anilines is 1. The van der Waals surface area contributed by atoms with Crippen LogP contribution >= 0.6 is 0 Å². The predicted octanol–water partition coefficient (Wildman–Crippen LogP) is 5.50. The van der Waals surface area contributed by atoms with Crippen molar-refractivity contribution >= 4 is 22.6 Å². The Hall–Kier alpha value is -3.93.